The summed E-state index contributed by atoms with van der Waals surface area (Å²) in [4.78, 5) is 45.4. The maximum atomic E-state index is 6.00. The van der Waals surface area contributed by atoms with Gasteiger partial charge in [0.05, 0.1) is 10.8 Å². The summed E-state index contributed by atoms with van der Waals surface area (Å²) in [6.07, 6.45) is 0. The summed E-state index contributed by atoms with van der Waals surface area (Å²) in [7, 11) is 2.57. The monoisotopic (exact) mass is 1460 g/mol. The predicted octanol–water partition coefficient (Wildman–Crippen LogP) is 27.1. The van der Waals surface area contributed by atoms with E-state index in [0.29, 0.717) is 40.2 Å². The summed E-state index contributed by atoms with van der Waals surface area (Å²) in [6.45, 7) is 21.5. The summed E-state index contributed by atoms with van der Waals surface area (Å²) >= 11 is 0. The van der Waals surface area contributed by atoms with Crippen LogP contribution < -0.4 is 0 Å². The SMILES string of the molecule is CN1CC23c4c5c6c7c8c9c(c%10c%11c2c2c%12c4c4c%13c5c5c7c7c8c8c%14c9c%10c9c%10c%11c2c2c%11c%12c4c4c%12c%13c5c5c7c7c8c8c%14c9c9c%10c2c2c%11c4c4c%12c5c7c5c8c9c2c45)C63C1c1ccc2c(c1)-c1nc-2nc2[nH]c(nc3nc(nc4[nH]c(n1)c1cccc(C(C)(C)C)c41)-c1ccc(C(C)(C)C)cc1-3)c1cc(C(C)(C)C)ccc21. The van der Waals surface area contributed by atoms with Crippen molar-refractivity contribution in [3.63, 3.8) is 0 Å². The number of aromatic nitrogens is 8. The van der Waals surface area contributed by atoms with Gasteiger partial charge in [-0.25, -0.2) is 29.9 Å². The van der Waals surface area contributed by atoms with Gasteiger partial charge < -0.3 is 9.97 Å². The molecule has 116 heavy (non-hydrogen) atoms. The quantitative estimate of drug-likeness (QED) is 0.157. The van der Waals surface area contributed by atoms with Crippen LogP contribution in [-0.4, -0.2) is 58.4 Å². The summed E-state index contributed by atoms with van der Waals surface area (Å²) < 4.78 is 0. The van der Waals surface area contributed by atoms with Gasteiger partial charge in [-0.05, 0) is 377 Å². The van der Waals surface area contributed by atoms with Crippen molar-refractivity contribution in [2.75, 3.05) is 13.6 Å². The highest BCUT2D eigenvalue weighted by Crippen LogP contribution is 2.87. The molecule has 520 valence electrons. The molecule has 9 heteroatoms. The van der Waals surface area contributed by atoms with Crippen LogP contribution in [0.15, 0.2) is 72.8 Å². The molecule has 1 saturated heterocycles. The first-order chi connectivity index (χ1) is 56.5. The number of rotatable bonds is 1. The number of aromatic amines is 2. The van der Waals surface area contributed by atoms with Crippen molar-refractivity contribution in [2.45, 2.75) is 95.4 Å². The van der Waals surface area contributed by atoms with E-state index in [9.17, 15) is 0 Å². The Hall–Kier alpha value is -13.3. The van der Waals surface area contributed by atoms with Crippen LogP contribution in [0.2, 0.25) is 0 Å². The van der Waals surface area contributed by atoms with E-state index in [1.165, 1.54) is 22.3 Å². The molecule has 32 aromatic carbocycles. The molecule has 42 rings (SSSR count). The lowest BCUT2D eigenvalue weighted by Crippen LogP contribution is -2.50. The first kappa shape index (κ1) is 52.1. The minimum absolute atomic E-state index is 0.122. The van der Waals surface area contributed by atoms with Crippen LogP contribution in [0.1, 0.15) is 113 Å². The van der Waals surface area contributed by atoms with E-state index in [4.69, 9.17) is 29.9 Å². The van der Waals surface area contributed by atoms with Gasteiger partial charge in [-0.3, -0.25) is 4.90 Å². The number of likely N-dealkylation sites (N-methyl/N-ethyl adjacent to an activating group) is 1. The smallest absolute Gasteiger partial charge is 0.164 e. The largest absolute Gasteiger partial charge is 0.324 e. The van der Waals surface area contributed by atoms with Gasteiger partial charge in [0.15, 0.2) is 23.3 Å². The van der Waals surface area contributed by atoms with E-state index in [1.54, 1.807) is 313 Å². The van der Waals surface area contributed by atoms with Gasteiger partial charge in [0, 0.05) is 56.4 Å². The van der Waals surface area contributed by atoms with Crippen molar-refractivity contribution in [3.8, 4) is 45.6 Å². The lowest BCUT2D eigenvalue weighted by molar-refractivity contribution is 0.272. The summed E-state index contributed by atoms with van der Waals surface area (Å²) in [5.41, 5.74) is 16.8. The molecule has 9 nitrogen and oxygen atoms in total. The summed E-state index contributed by atoms with van der Waals surface area (Å²) in [6, 6.07) is 27.8. The zero-order valence-electron chi connectivity index (χ0n) is 63.8. The third-order valence-corrected chi connectivity index (χ3v) is 35.6. The fraction of sp³-hybridized carbons (Fsp3) is 0.159. The van der Waals surface area contributed by atoms with Gasteiger partial charge in [-0.15, -0.1) is 0 Å². The molecule has 6 heterocycles. The molecule has 0 saturated carbocycles. The minimum Gasteiger partial charge on any atom is -0.324 e. The van der Waals surface area contributed by atoms with Crippen LogP contribution in [0.3, 0.4) is 0 Å². The van der Waals surface area contributed by atoms with E-state index in [1.807, 2.05) is 0 Å². The van der Waals surface area contributed by atoms with E-state index in [0.717, 1.165) is 56.0 Å². The molecular formula is C107H47N9. The maximum absolute atomic E-state index is 6.00. The molecule has 0 amide bonds. The third kappa shape index (κ3) is 3.79. The van der Waals surface area contributed by atoms with Crippen LogP contribution in [-0.2, 0) is 27.1 Å². The molecule has 35 aromatic rings. The number of nitrogens with one attached hydrogen (secondary N) is 2. The molecule has 4 aliphatic carbocycles. The van der Waals surface area contributed by atoms with Gasteiger partial charge in [0.1, 0.15) is 22.6 Å². The molecule has 0 radical (unpaired) electrons. The van der Waals surface area contributed by atoms with Crippen molar-refractivity contribution >= 4 is 335 Å². The highest BCUT2D eigenvalue weighted by atomic mass is 15.2. The fourth-order valence-electron chi connectivity index (χ4n) is 33.1. The number of hydrogen-bond acceptors (Lipinski definition) is 7. The van der Waals surface area contributed by atoms with Gasteiger partial charge >= 0.3 is 0 Å². The zero-order chi connectivity index (χ0) is 73.5. The zero-order valence-corrected chi connectivity index (χ0v) is 63.8. The van der Waals surface area contributed by atoms with Crippen molar-refractivity contribution in [1.29, 1.82) is 0 Å². The van der Waals surface area contributed by atoms with Crippen molar-refractivity contribution in [2.24, 2.45) is 0 Å². The van der Waals surface area contributed by atoms with Crippen LogP contribution in [0.25, 0.3) is 381 Å². The first-order valence-corrected chi connectivity index (χ1v) is 42.3. The van der Waals surface area contributed by atoms with Crippen LogP contribution >= 0.6 is 0 Å². The maximum Gasteiger partial charge on any atom is 0.164 e. The average molecular weight is 1460 g/mol. The second-order valence-corrected chi connectivity index (χ2v) is 42.2. The summed E-state index contributed by atoms with van der Waals surface area (Å²) in [5, 5.41) is 91.5. The standard InChI is InChI=1S/C107H47N9/c1-103(2,3)25-15-18-28-32(21-25)100-110-96(28)108-95-27-17-14-24(20-31(27)99(109-95)112-98-30-12-11-13-34(105(7,8)9)35(30)102(115-98)114-97-29-19-16-26(104(4,5)6)22-33(29)101(111-97)113-100)94-107-92-85-77-65-57-48-39-37-36-38-42(39)51-58-56-47(38)49-45-40(36)43-44-41(37)46-50(48)63(65)71-69-55(46)53(44)61-60-52(43)54(45)68-70-62(49)64(56)76-78-66(58)67(59(51)57)79(77)88(92)87(78)90-83(76)81(70)84-74(68)72(60)80-73(61)75(69)86(82(71)85)93(107)89(80)91(84)106(90,107)23-116(94)10/h11-22,94H,23H2,1-10H3,(H2,108,109,110,111,112,113,114,115). The summed E-state index contributed by atoms with van der Waals surface area (Å²) in [5.74, 6) is 2.50. The van der Waals surface area contributed by atoms with Crippen LogP contribution in [0.4, 0.5) is 0 Å². The van der Waals surface area contributed by atoms with E-state index in [-0.39, 0.29) is 22.3 Å². The predicted molar refractivity (Wildman–Crippen MR) is 481 cm³/mol. The molecule has 3 aromatic heterocycles. The topological polar surface area (TPSA) is 112 Å². The molecule has 3 aliphatic heterocycles. The lowest BCUT2D eigenvalue weighted by Gasteiger charge is -2.50. The Kier molecular flexibility index (Phi) is 6.00. The first-order valence-electron chi connectivity index (χ1n) is 42.3. The van der Waals surface area contributed by atoms with Gasteiger partial charge in [0.2, 0.25) is 0 Å². The highest BCUT2D eigenvalue weighted by Gasteiger charge is 2.76. The highest BCUT2D eigenvalue weighted by molar-refractivity contribution is 6.82. The molecule has 2 spiro atoms. The Morgan fingerprint density at radius 1 is 0.276 bits per heavy atom. The Morgan fingerprint density at radius 3 is 1.04 bits per heavy atom. The number of likely N-dealkylation sites (tertiary alicyclic amines) is 1. The Bertz CT molecular complexity index is 11100. The number of benzene rings is 21. The third-order valence-electron chi connectivity index (χ3n) is 35.6. The second kappa shape index (κ2) is 13.4. The van der Waals surface area contributed by atoms with Crippen molar-refractivity contribution in [3.05, 3.63) is 117 Å². The molecule has 3 atom stereocenters. The van der Waals surface area contributed by atoms with E-state index in [2.05, 4.69) is 157 Å². The molecule has 2 N–H and O–H groups in total. The lowest BCUT2D eigenvalue weighted by atomic mass is 9.49. The van der Waals surface area contributed by atoms with Crippen LogP contribution in [0.5, 0.6) is 0 Å². The Labute approximate surface area is 647 Å². The number of H-pyrrole nitrogens is 2. The molecule has 3 unspecified atom stereocenters. The molecule has 1 fully saturated rings. The normalized spacial score (nSPS) is 19.9. The molecule has 8 bridgehead atoms. The van der Waals surface area contributed by atoms with Gasteiger partial charge in [0.25, 0.3) is 0 Å². The van der Waals surface area contributed by atoms with Crippen LogP contribution in [0, 0.1) is 0 Å². The Balaban J connectivity index is 0.695. The second-order valence-electron chi connectivity index (χ2n) is 42.2. The molecule has 7 aliphatic rings. The average Bonchev–Trinajstić information content (AvgIpc) is 1.38. The van der Waals surface area contributed by atoms with E-state index >= 15 is 0 Å². The Morgan fingerprint density at radius 2 is 0.595 bits per heavy atom. The number of hydrogen-bond donors (Lipinski definition) is 2. The van der Waals surface area contributed by atoms with E-state index < -0.39 is 10.8 Å². The number of nitrogens with zero attached hydrogens (tertiary/aromatic N) is 7. The van der Waals surface area contributed by atoms with Crippen molar-refractivity contribution in [1.82, 2.24) is 44.8 Å². The van der Waals surface area contributed by atoms with Crippen molar-refractivity contribution < 1.29 is 0 Å². The van der Waals surface area contributed by atoms with Gasteiger partial charge in [-0.1, -0.05) is 117 Å². The number of fused-ring (bicyclic) bond motifs is 20. The molecular weight excluding hydrogens is 1410 g/mol. The minimum atomic E-state index is -0.574. The van der Waals surface area contributed by atoms with Gasteiger partial charge in [-0.2, -0.15) is 0 Å². The fourth-order valence-corrected chi connectivity index (χ4v) is 33.1.